The molecule has 8 nitrogen and oxygen atoms in total. The number of hydrogen-bond acceptors (Lipinski definition) is 6. The van der Waals surface area contributed by atoms with Gasteiger partial charge < -0.3 is 19.0 Å². The summed E-state index contributed by atoms with van der Waals surface area (Å²) in [4.78, 5) is 15.2. The number of carbonyl (C=O) groups excluding carboxylic acids is 1. The number of fused-ring (bicyclic) bond motifs is 1. The molecular weight excluding hydrogens is 442 g/mol. The standard InChI is InChI=1S/C27H29N5O3/c1-19(28-27(33)20-8-5-9-22(17-20)34-2)26-30-29-25-12-13-31(14-15-32(25)26)18-21-7-3-4-10-23(21)24-11-6-16-35-24/h3-11,16-17,19H,12-15,18H2,1-2H3,(H,28,33)/t19-/m1/s1. The summed E-state index contributed by atoms with van der Waals surface area (Å²) in [5.74, 6) is 3.09. The van der Waals surface area contributed by atoms with Crippen molar-refractivity contribution in [2.45, 2.75) is 32.5 Å². The normalized spacial score (nSPS) is 14.7. The predicted molar refractivity (Wildman–Crippen MR) is 132 cm³/mol. The molecule has 1 aliphatic rings. The highest BCUT2D eigenvalue weighted by atomic mass is 16.5. The quantitative estimate of drug-likeness (QED) is 0.437. The number of hydrogen-bond donors (Lipinski definition) is 1. The van der Waals surface area contributed by atoms with E-state index in [1.165, 1.54) is 5.56 Å². The van der Waals surface area contributed by atoms with E-state index in [1.807, 2.05) is 31.2 Å². The van der Waals surface area contributed by atoms with Crippen LogP contribution in [0.5, 0.6) is 5.75 Å². The highest BCUT2D eigenvalue weighted by Gasteiger charge is 2.23. The summed E-state index contributed by atoms with van der Waals surface area (Å²) in [7, 11) is 1.59. The van der Waals surface area contributed by atoms with Crippen LogP contribution in [0.25, 0.3) is 11.3 Å². The third-order valence-corrected chi connectivity index (χ3v) is 6.41. The van der Waals surface area contributed by atoms with Crippen LogP contribution in [0.3, 0.4) is 0 Å². The van der Waals surface area contributed by atoms with Gasteiger partial charge in [0.2, 0.25) is 0 Å². The maximum atomic E-state index is 12.8. The predicted octanol–water partition coefficient (Wildman–Crippen LogP) is 4.10. The minimum Gasteiger partial charge on any atom is -0.497 e. The second-order valence-electron chi connectivity index (χ2n) is 8.71. The van der Waals surface area contributed by atoms with Crippen molar-refractivity contribution in [3.05, 3.63) is 89.7 Å². The molecule has 5 rings (SSSR count). The lowest BCUT2D eigenvalue weighted by Crippen LogP contribution is -2.30. The van der Waals surface area contributed by atoms with E-state index in [0.717, 1.165) is 55.6 Å². The first-order chi connectivity index (χ1) is 17.1. The summed E-state index contributed by atoms with van der Waals surface area (Å²) in [5, 5.41) is 11.9. The highest BCUT2D eigenvalue weighted by molar-refractivity contribution is 5.94. The zero-order chi connectivity index (χ0) is 24.2. The van der Waals surface area contributed by atoms with Crippen LogP contribution in [0.15, 0.2) is 71.3 Å². The van der Waals surface area contributed by atoms with Crippen molar-refractivity contribution < 1.29 is 13.9 Å². The number of nitrogens with zero attached hydrogens (tertiary/aromatic N) is 4. The average molecular weight is 472 g/mol. The van der Waals surface area contributed by atoms with Gasteiger partial charge in [0.05, 0.1) is 19.4 Å². The van der Waals surface area contributed by atoms with E-state index in [4.69, 9.17) is 9.15 Å². The number of methoxy groups -OCH3 is 1. The van der Waals surface area contributed by atoms with Crippen molar-refractivity contribution in [1.82, 2.24) is 25.0 Å². The Morgan fingerprint density at radius 1 is 1.09 bits per heavy atom. The van der Waals surface area contributed by atoms with Gasteiger partial charge in [-0.25, -0.2) is 0 Å². The van der Waals surface area contributed by atoms with Gasteiger partial charge in [-0.1, -0.05) is 30.3 Å². The number of ether oxygens (including phenoxy) is 1. The maximum Gasteiger partial charge on any atom is 0.251 e. The van der Waals surface area contributed by atoms with E-state index in [2.05, 4.69) is 43.2 Å². The first kappa shape index (κ1) is 22.9. The van der Waals surface area contributed by atoms with E-state index in [1.54, 1.807) is 31.6 Å². The molecular formula is C27H29N5O3. The average Bonchev–Trinajstić information content (AvgIpc) is 3.52. The molecule has 180 valence electrons. The topological polar surface area (TPSA) is 85.4 Å². The number of rotatable bonds is 7. The molecule has 1 amide bonds. The molecule has 0 unspecified atom stereocenters. The molecule has 4 aromatic rings. The Morgan fingerprint density at radius 2 is 1.97 bits per heavy atom. The number of aromatic nitrogens is 3. The van der Waals surface area contributed by atoms with Gasteiger partial charge in [0.15, 0.2) is 5.82 Å². The fraction of sp³-hybridized carbons (Fsp3) is 0.296. The van der Waals surface area contributed by atoms with Crippen molar-refractivity contribution in [2.24, 2.45) is 0 Å². The van der Waals surface area contributed by atoms with Crippen LogP contribution in [0.1, 0.15) is 40.5 Å². The molecule has 3 heterocycles. The lowest BCUT2D eigenvalue weighted by Gasteiger charge is -2.21. The van der Waals surface area contributed by atoms with E-state index in [-0.39, 0.29) is 11.9 Å². The molecule has 0 fully saturated rings. The van der Waals surface area contributed by atoms with Crippen LogP contribution < -0.4 is 10.1 Å². The van der Waals surface area contributed by atoms with Crippen molar-refractivity contribution in [3.63, 3.8) is 0 Å². The van der Waals surface area contributed by atoms with Crippen molar-refractivity contribution >= 4 is 5.91 Å². The van der Waals surface area contributed by atoms with E-state index in [0.29, 0.717) is 11.3 Å². The molecule has 0 spiro atoms. The Balaban J connectivity index is 1.26. The zero-order valence-electron chi connectivity index (χ0n) is 20.0. The van der Waals surface area contributed by atoms with E-state index in [9.17, 15) is 4.79 Å². The lowest BCUT2D eigenvalue weighted by atomic mass is 10.0. The Hall–Kier alpha value is -3.91. The van der Waals surface area contributed by atoms with Crippen molar-refractivity contribution in [1.29, 1.82) is 0 Å². The second kappa shape index (κ2) is 10.1. The molecule has 0 bridgehead atoms. The highest BCUT2D eigenvalue weighted by Crippen LogP contribution is 2.26. The SMILES string of the molecule is COc1cccc(C(=O)N[C@H](C)c2nnc3n2CCN(Cc2ccccc2-c2ccco2)CC3)c1. The smallest absolute Gasteiger partial charge is 0.251 e. The summed E-state index contributed by atoms with van der Waals surface area (Å²) >= 11 is 0. The molecule has 2 aromatic carbocycles. The van der Waals surface area contributed by atoms with E-state index >= 15 is 0 Å². The molecule has 2 aromatic heterocycles. The number of benzene rings is 2. The molecule has 0 saturated heterocycles. The minimum atomic E-state index is -0.277. The monoisotopic (exact) mass is 471 g/mol. The van der Waals surface area contributed by atoms with Gasteiger partial charge in [0, 0.05) is 43.7 Å². The Labute approximate surface area is 204 Å². The maximum absolute atomic E-state index is 12.8. The summed E-state index contributed by atoms with van der Waals surface area (Å²) in [5.41, 5.74) is 2.91. The van der Waals surface area contributed by atoms with Crippen LogP contribution in [0.4, 0.5) is 0 Å². The summed E-state index contributed by atoms with van der Waals surface area (Å²) in [6.07, 6.45) is 2.51. The first-order valence-corrected chi connectivity index (χ1v) is 11.8. The molecule has 0 saturated carbocycles. The third-order valence-electron chi connectivity index (χ3n) is 6.41. The molecule has 1 N–H and O–H groups in total. The Kier molecular flexibility index (Phi) is 6.63. The molecule has 0 aliphatic carbocycles. The largest absolute Gasteiger partial charge is 0.497 e. The van der Waals surface area contributed by atoms with Gasteiger partial charge >= 0.3 is 0 Å². The van der Waals surface area contributed by atoms with Crippen LogP contribution >= 0.6 is 0 Å². The van der Waals surface area contributed by atoms with Crippen LogP contribution in [0, 0.1) is 0 Å². The summed E-state index contributed by atoms with van der Waals surface area (Å²) in [6, 6.07) is 19.1. The van der Waals surface area contributed by atoms with Crippen LogP contribution in [-0.2, 0) is 19.5 Å². The minimum absolute atomic E-state index is 0.168. The number of furan rings is 1. The lowest BCUT2D eigenvalue weighted by molar-refractivity contribution is 0.0937. The van der Waals surface area contributed by atoms with Crippen LogP contribution in [-0.4, -0.2) is 45.8 Å². The molecule has 1 aliphatic heterocycles. The fourth-order valence-electron chi connectivity index (χ4n) is 4.55. The number of carbonyl (C=O) groups is 1. The van der Waals surface area contributed by atoms with Crippen molar-refractivity contribution in [2.75, 3.05) is 20.2 Å². The first-order valence-electron chi connectivity index (χ1n) is 11.8. The zero-order valence-corrected chi connectivity index (χ0v) is 20.0. The van der Waals surface area contributed by atoms with E-state index < -0.39 is 0 Å². The number of amides is 1. The Bertz CT molecular complexity index is 1300. The van der Waals surface area contributed by atoms with Gasteiger partial charge in [-0.3, -0.25) is 9.69 Å². The molecule has 8 heteroatoms. The second-order valence-corrected chi connectivity index (χ2v) is 8.71. The third kappa shape index (κ3) is 4.97. The number of nitrogens with one attached hydrogen (secondary N) is 1. The summed E-state index contributed by atoms with van der Waals surface area (Å²) < 4.78 is 13.0. The van der Waals surface area contributed by atoms with Gasteiger partial charge in [0.25, 0.3) is 5.91 Å². The summed E-state index contributed by atoms with van der Waals surface area (Å²) in [6.45, 7) is 5.28. The van der Waals surface area contributed by atoms with Crippen molar-refractivity contribution in [3.8, 4) is 17.1 Å². The molecule has 35 heavy (non-hydrogen) atoms. The Morgan fingerprint density at radius 3 is 2.80 bits per heavy atom. The van der Waals surface area contributed by atoms with Gasteiger partial charge in [-0.2, -0.15) is 0 Å². The van der Waals surface area contributed by atoms with Gasteiger partial charge in [-0.15, -0.1) is 10.2 Å². The molecule has 0 radical (unpaired) electrons. The fourth-order valence-corrected chi connectivity index (χ4v) is 4.55. The van der Waals surface area contributed by atoms with Gasteiger partial charge in [0.1, 0.15) is 17.3 Å². The van der Waals surface area contributed by atoms with Crippen LogP contribution in [0.2, 0.25) is 0 Å². The molecule has 1 atom stereocenters. The van der Waals surface area contributed by atoms with Gasteiger partial charge in [-0.05, 0) is 42.8 Å².